The minimum atomic E-state index is -0.250. The molecule has 0 unspecified atom stereocenters. The molecule has 0 aliphatic rings. The molecule has 0 atom stereocenters. The third kappa shape index (κ3) is 3.31. The lowest BCUT2D eigenvalue weighted by molar-refractivity contribution is 0.102. The van der Waals surface area contributed by atoms with E-state index in [1.165, 1.54) is 11.3 Å². The van der Waals surface area contributed by atoms with Crippen molar-refractivity contribution in [2.75, 3.05) is 5.32 Å². The van der Waals surface area contributed by atoms with Crippen molar-refractivity contribution in [3.8, 4) is 10.6 Å². The lowest BCUT2D eigenvalue weighted by atomic mass is 10.2. The van der Waals surface area contributed by atoms with Gasteiger partial charge in [0.1, 0.15) is 5.01 Å². The first-order valence-corrected chi connectivity index (χ1v) is 9.84. The van der Waals surface area contributed by atoms with Gasteiger partial charge in [0.25, 0.3) is 5.91 Å². The molecular weight excluding hydrogens is 485 g/mol. The van der Waals surface area contributed by atoms with E-state index in [2.05, 4.69) is 43.2 Å². The minimum absolute atomic E-state index is 0.250. The van der Waals surface area contributed by atoms with Crippen LogP contribution in [0, 0.1) is 10.5 Å². The number of carbonyl (C=O) groups is 1. The topological polar surface area (TPSA) is 72.2 Å². The zero-order chi connectivity index (χ0) is 18.3. The maximum absolute atomic E-state index is 12.5. The van der Waals surface area contributed by atoms with Crippen LogP contribution in [-0.2, 0) is 0 Å². The maximum atomic E-state index is 12.5. The van der Waals surface area contributed by atoms with Gasteiger partial charge in [0.05, 0.1) is 10.6 Å². The Morgan fingerprint density at radius 1 is 1.23 bits per heavy atom. The van der Waals surface area contributed by atoms with E-state index in [9.17, 15) is 4.79 Å². The van der Waals surface area contributed by atoms with E-state index < -0.39 is 0 Å². The van der Waals surface area contributed by atoms with Gasteiger partial charge in [0.15, 0.2) is 5.82 Å². The number of aromatic nitrogens is 4. The summed E-state index contributed by atoms with van der Waals surface area (Å²) in [6.07, 6.45) is 0. The SMILES string of the molecule is Cc1nnc2sc(-c3cccc(NC(=O)c4cc(I)ccc4Cl)c3)nn12. The number of nitrogens with one attached hydrogen (secondary N) is 1. The van der Waals surface area contributed by atoms with Crippen LogP contribution in [0.2, 0.25) is 5.02 Å². The lowest BCUT2D eigenvalue weighted by Crippen LogP contribution is -2.12. The number of hydrogen-bond donors (Lipinski definition) is 1. The molecule has 6 nitrogen and oxygen atoms in total. The smallest absolute Gasteiger partial charge is 0.257 e. The average molecular weight is 496 g/mol. The summed E-state index contributed by atoms with van der Waals surface area (Å²) in [5.74, 6) is 0.486. The van der Waals surface area contributed by atoms with Crippen molar-refractivity contribution < 1.29 is 4.79 Å². The Bertz CT molecular complexity index is 1140. The summed E-state index contributed by atoms with van der Waals surface area (Å²) in [5, 5.41) is 16.7. The van der Waals surface area contributed by atoms with Gasteiger partial charge in [-0.1, -0.05) is 35.1 Å². The lowest BCUT2D eigenvalue weighted by Gasteiger charge is -2.08. The van der Waals surface area contributed by atoms with E-state index >= 15 is 0 Å². The molecule has 2 heterocycles. The fourth-order valence-electron chi connectivity index (χ4n) is 2.43. The van der Waals surface area contributed by atoms with Gasteiger partial charge in [0.2, 0.25) is 4.96 Å². The molecule has 0 fully saturated rings. The van der Waals surface area contributed by atoms with Gasteiger partial charge in [0, 0.05) is 14.8 Å². The number of benzene rings is 2. The van der Waals surface area contributed by atoms with Crippen LogP contribution in [0.25, 0.3) is 15.5 Å². The molecule has 0 aliphatic carbocycles. The van der Waals surface area contributed by atoms with Crippen molar-refractivity contribution in [2.24, 2.45) is 0 Å². The van der Waals surface area contributed by atoms with Gasteiger partial charge in [-0.3, -0.25) is 4.79 Å². The summed E-state index contributed by atoms with van der Waals surface area (Å²) in [6, 6.07) is 12.8. The highest BCUT2D eigenvalue weighted by Gasteiger charge is 2.13. The standard InChI is InChI=1S/C17H11ClIN5OS/c1-9-21-22-17-24(9)23-16(26-17)10-3-2-4-12(7-10)20-15(25)13-8-11(19)5-6-14(13)18/h2-8H,1H3,(H,20,25). The summed E-state index contributed by atoms with van der Waals surface area (Å²) in [6.45, 7) is 1.85. The Kier molecular flexibility index (Phi) is 4.63. The van der Waals surface area contributed by atoms with Crippen LogP contribution in [0.1, 0.15) is 16.2 Å². The Morgan fingerprint density at radius 2 is 2.08 bits per heavy atom. The number of fused-ring (bicyclic) bond motifs is 1. The fourth-order valence-corrected chi connectivity index (χ4v) is 4.01. The van der Waals surface area contributed by atoms with E-state index in [1.54, 1.807) is 16.6 Å². The largest absolute Gasteiger partial charge is 0.322 e. The Labute approximate surface area is 171 Å². The number of hydrogen-bond acceptors (Lipinski definition) is 5. The molecular formula is C17H11ClIN5OS. The first-order valence-electron chi connectivity index (χ1n) is 7.57. The first kappa shape index (κ1) is 17.4. The molecule has 2 aromatic heterocycles. The van der Waals surface area contributed by atoms with Crippen LogP contribution in [0.3, 0.4) is 0 Å². The molecule has 4 rings (SSSR count). The van der Waals surface area contributed by atoms with Crippen LogP contribution in [0.4, 0.5) is 5.69 Å². The highest BCUT2D eigenvalue weighted by atomic mass is 127. The van der Waals surface area contributed by atoms with E-state index in [0.29, 0.717) is 16.3 Å². The second kappa shape index (κ2) is 6.93. The first-order chi connectivity index (χ1) is 12.5. The van der Waals surface area contributed by atoms with Crippen LogP contribution < -0.4 is 5.32 Å². The van der Waals surface area contributed by atoms with Crippen molar-refractivity contribution in [2.45, 2.75) is 6.92 Å². The normalized spacial score (nSPS) is 11.0. The number of carbonyl (C=O) groups excluding carboxylic acids is 1. The van der Waals surface area contributed by atoms with Gasteiger partial charge < -0.3 is 5.32 Å². The second-order valence-corrected chi connectivity index (χ2v) is 8.12. The fraction of sp³-hybridized carbons (Fsp3) is 0.0588. The quantitative estimate of drug-likeness (QED) is 0.419. The van der Waals surface area contributed by atoms with Crippen LogP contribution >= 0.6 is 45.5 Å². The summed E-state index contributed by atoms with van der Waals surface area (Å²) in [7, 11) is 0. The molecule has 1 N–H and O–H groups in total. The predicted molar refractivity (Wildman–Crippen MR) is 111 cm³/mol. The van der Waals surface area contributed by atoms with Crippen LogP contribution in [-0.4, -0.2) is 25.7 Å². The molecule has 0 aliphatic heterocycles. The van der Waals surface area contributed by atoms with Gasteiger partial charge in [-0.15, -0.1) is 10.2 Å². The van der Waals surface area contributed by atoms with Crippen molar-refractivity contribution in [3.63, 3.8) is 0 Å². The van der Waals surface area contributed by atoms with Crippen molar-refractivity contribution in [1.82, 2.24) is 19.8 Å². The van der Waals surface area contributed by atoms with Gasteiger partial charge in [-0.2, -0.15) is 9.61 Å². The van der Waals surface area contributed by atoms with Gasteiger partial charge in [-0.25, -0.2) is 0 Å². The maximum Gasteiger partial charge on any atom is 0.257 e. The summed E-state index contributed by atoms with van der Waals surface area (Å²) in [5.41, 5.74) is 2.01. The van der Waals surface area contributed by atoms with Crippen molar-refractivity contribution in [3.05, 3.63) is 62.4 Å². The molecule has 0 spiro atoms. The number of nitrogens with zero attached hydrogens (tertiary/aromatic N) is 4. The highest BCUT2D eigenvalue weighted by molar-refractivity contribution is 14.1. The van der Waals surface area contributed by atoms with Gasteiger partial charge in [-0.05, 0) is 59.8 Å². The summed E-state index contributed by atoms with van der Waals surface area (Å²) >= 11 is 9.74. The van der Waals surface area contributed by atoms with Gasteiger partial charge >= 0.3 is 0 Å². The minimum Gasteiger partial charge on any atom is -0.322 e. The molecule has 4 aromatic rings. The molecule has 0 bridgehead atoms. The predicted octanol–water partition coefficient (Wildman–Crippen LogP) is 4.67. The number of amides is 1. The zero-order valence-electron chi connectivity index (χ0n) is 13.4. The molecule has 0 radical (unpaired) electrons. The average Bonchev–Trinajstić information content (AvgIpc) is 3.19. The van der Waals surface area contributed by atoms with E-state index in [1.807, 2.05) is 37.3 Å². The molecule has 1 amide bonds. The van der Waals surface area contributed by atoms with Crippen molar-refractivity contribution >= 4 is 62.1 Å². The molecule has 26 heavy (non-hydrogen) atoms. The van der Waals surface area contributed by atoms with Crippen molar-refractivity contribution in [1.29, 1.82) is 0 Å². The second-order valence-electron chi connectivity index (χ2n) is 5.51. The molecule has 0 saturated heterocycles. The monoisotopic (exact) mass is 495 g/mol. The molecule has 130 valence electrons. The number of anilines is 1. The molecule has 0 saturated carbocycles. The zero-order valence-corrected chi connectivity index (χ0v) is 17.1. The van der Waals surface area contributed by atoms with Crippen LogP contribution in [0.15, 0.2) is 42.5 Å². The summed E-state index contributed by atoms with van der Waals surface area (Å²) in [4.78, 5) is 13.3. The third-order valence-corrected chi connectivity index (χ3v) is 5.64. The number of halogens is 2. The molecule has 2 aromatic carbocycles. The van der Waals surface area contributed by atoms with E-state index in [4.69, 9.17) is 11.6 Å². The summed E-state index contributed by atoms with van der Waals surface area (Å²) < 4.78 is 2.65. The van der Waals surface area contributed by atoms with Crippen LogP contribution in [0.5, 0.6) is 0 Å². The number of aryl methyl sites for hydroxylation is 1. The Morgan fingerprint density at radius 3 is 2.88 bits per heavy atom. The third-order valence-electron chi connectivity index (χ3n) is 3.69. The molecule has 9 heteroatoms. The highest BCUT2D eigenvalue weighted by Crippen LogP contribution is 2.28. The Hall–Kier alpha value is -2.04. The Balaban J connectivity index is 1.63. The number of rotatable bonds is 3. The van der Waals surface area contributed by atoms with E-state index in [0.717, 1.165) is 24.9 Å². The van der Waals surface area contributed by atoms with E-state index in [-0.39, 0.29) is 5.91 Å².